The summed E-state index contributed by atoms with van der Waals surface area (Å²) in [5, 5.41) is 0. The first kappa shape index (κ1) is 15.6. The molecule has 0 radical (unpaired) electrons. The lowest BCUT2D eigenvalue weighted by Crippen LogP contribution is -2.10. The standard InChI is InChI=1S/C15H17N3O4/c1-4-22-15(19)10-8-17-14(18-13(10)16)9-5-6-11(20-2)12(7-9)21-3/h5-8H,4H2,1-3H3,(H2,16,17,18). The highest BCUT2D eigenvalue weighted by atomic mass is 16.5. The molecule has 0 fully saturated rings. The van der Waals surface area contributed by atoms with Crippen LogP contribution in [-0.4, -0.2) is 36.8 Å². The lowest BCUT2D eigenvalue weighted by molar-refractivity contribution is 0.0527. The Morgan fingerprint density at radius 3 is 2.55 bits per heavy atom. The molecule has 0 amide bonds. The van der Waals surface area contributed by atoms with Crippen molar-refractivity contribution in [2.75, 3.05) is 26.6 Å². The number of aromatic nitrogens is 2. The highest BCUT2D eigenvalue weighted by molar-refractivity contribution is 5.94. The van der Waals surface area contributed by atoms with Gasteiger partial charge in [0.05, 0.1) is 20.8 Å². The lowest BCUT2D eigenvalue weighted by Gasteiger charge is -2.10. The number of nitrogens with two attached hydrogens (primary N) is 1. The summed E-state index contributed by atoms with van der Waals surface area (Å²) in [7, 11) is 3.10. The molecule has 0 spiro atoms. The number of carbonyl (C=O) groups excluding carboxylic acids is 1. The fourth-order valence-corrected chi connectivity index (χ4v) is 1.88. The monoisotopic (exact) mass is 303 g/mol. The summed E-state index contributed by atoms with van der Waals surface area (Å²) in [5.41, 5.74) is 6.65. The molecule has 2 aromatic rings. The Labute approximate surface area is 128 Å². The summed E-state index contributed by atoms with van der Waals surface area (Å²) in [6.07, 6.45) is 1.35. The van der Waals surface area contributed by atoms with E-state index >= 15 is 0 Å². The van der Waals surface area contributed by atoms with E-state index in [9.17, 15) is 4.79 Å². The van der Waals surface area contributed by atoms with Crippen LogP contribution < -0.4 is 15.2 Å². The van der Waals surface area contributed by atoms with Gasteiger partial charge < -0.3 is 19.9 Å². The minimum Gasteiger partial charge on any atom is -0.493 e. The van der Waals surface area contributed by atoms with E-state index in [-0.39, 0.29) is 18.0 Å². The summed E-state index contributed by atoms with van der Waals surface area (Å²) < 4.78 is 15.3. The number of hydrogen-bond donors (Lipinski definition) is 1. The number of nitrogens with zero attached hydrogens (tertiary/aromatic N) is 2. The average molecular weight is 303 g/mol. The normalized spacial score (nSPS) is 10.1. The van der Waals surface area contributed by atoms with E-state index in [2.05, 4.69) is 9.97 Å². The van der Waals surface area contributed by atoms with Crippen molar-refractivity contribution >= 4 is 11.8 Å². The number of carbonyl (C=O) groups is 1. The number of ether oxygens (including phenoxy) is 3. The van der Waals surface area contributed by atoms with Crippen molar-refractivity contribution in [1.29, 1.82) is 0 Å². The Hall–Kier alpha value is -2.83. The fraction of sp³-hybridized carbons (Fsp3) is 0.267. The SMILES string of the molecule is CCOC(=O)c1cnc(-c2ccc(OC)c(OC)c2)nc1N. The Balaban J connectivity index is 2.38. The van der Waals surface area contributed by atoms with Crippen molar-refractivity contribution in [3.8, 4) is 22.9 Å². The number of nitrogen functional groups attached to an aromatic ring is 1. The summed E-state index contributed by atoms with van der Waals surface area (Å²) in [4.78, 5) is 20.0. The van der Waals surface area contributed by atoms with E-state index in [1.165, 1.54) is 6.20 Å². The van der Waals surface area contributed by atoms with Gasteiger partial charge in [0.1, 0.15) is 11.4 Å². The summed E-state index contributed by atoms with van der Waals surface area (Å²) in [6, 6.07) is 5.25. The zero-order valence-corrected chi connectivity index (χ0v) is 12.6. The number of anilines is 1. The smallest absolute Gasteiger partial charge is 0.343 e. The first-order valence-corrected chi connectivity index (χ1v) is 6.62. The van der Waals surface area contributed by atoms with Gasteiger partial charge in [-0.2, -0.15) is 0 Å². The Morgan fingerprint density at radius 1 is 1.23 bits per heavy atom. The molecule has 0 unspecified atom stereocenters. The van der Waals surface area contributed by atoms with Gasteiger partial charge in [0.25, 0.3) is 0 Å². The van der Waals surface area contributed by atoms with Crippen LogP contribution in [0.15, 0.2) is 24.4 Å². The van der Waals surface area contributed by atoms with Crippen LogP contribution in [0.2, 0.25) is 0 Å². The van der Waals surface area contributed by atoms with Crippen molar-refractivity contribution in [3.05, 3.63) is 30.0 Å². The third kappa shape index (κ3) is 3.08. The predicted octanol–water partition coefficient (Wildman–Crippen LogP) is 1.92. The van der Waals surface area contributed by atoms with E-state index in [4.69, 9.17) is 19.9 Å². The van der Waals surface area contributed by atoms with Crippen LogP contribution in [0.4, 0.5) is 5.82 Å². The summed E-state index contributed by atoms with van der Waals surface area (Å²) in [6.45, 7) is 1.97. The van der Waals surface area contributed by atoms with Gasteiger partial charge in [-0.25, -0.2) is 14.8 Å². The molecular weight excluding hydrogens is 286 g/mol. The number of benzene rings is 1. The molecule has 0 saturated heterocycles. The average Bonchev–Trinajstić information content (AvgIpc) is 2.54. The molecule has 2 N–H and O–H groups in total. The zero-order chi connectivity index (χ0) is 16.1. The molecule has 0 bridgehead atoms. The topological polar surface area (TPSA) is 96.6 Å². The van der Waals surface area contributed by atoms with Gasteiger partial charge in [-0.05, 0) is 25.1 Å². The third-order valence-corrected chi connectivity index (χ3v) is 2.96. The van der Waals surface area contributed by atoms with Gasteiger partial charge in [-0.15, -0.1) is 0 Å². The molecule has 0 aliphatic heterocycles. The number of rotatable bonds is 5. The maximum absolute atomic E-state index is 11.7. The van der Waals surface area contributed by atoms with Gasteiger partial charge in [0.2, 0.25) is 0 Å². The van der Waals surface area contributed by atoms with Crippen molar-refractivity contribution in [1.82, 2.24) is 9.97 Å². The van der Waals surface area contributed by atoms with E-state index < -0.39 is 5.97 Å². The van der Waals surface area contributed by atoms with E-state index in [0.29, 0.717) is 22.9 Å². The second-order valence-electron chi connectivity index (χ2n) is 4.28. The second-order valence-corrected chi connectivity index (χ2v) is 4.28. The Morgan fingerprint density at radius 2 is 1.95 bits per heavy atom. The highest BCUT2D eigenvalue weighted by Crippen LogP contribution is 2.31. The lowest BCUT2D eigenvalue weighted by atomic mass is 10.2. The van der Waals surface area contributed by atoms with Gasteiger partial charge >= 0.3 is 5.97 Å². The maximum Gasteiger partial charge on any atom is 0.343 e. The molecule has 1 aromatic heterocycles. The first-order valence-electron chi connectivity index (χ1n) is 6.62. The number of esters is 1. The van der Waals surface area contributed by atoms with Crippen LogP contribution in [0, 0.1) is 0 Å². The summed E-state index contributed by atoms with van der Waals surface area (Å²) >= 11 is 0. The van der Waals surface area contributed by atoms with Crippen LogP contribution in [0.5, 0.6) is 11.5 Å². The van der Waals surface area contributed by atoms with Gasteiger partial charge in [-0.3, -0.25) is 0 Å². The largest absolute Gasteiger partial charge is 0.493 e. The second kappa shape index (κ2) is 6.75. The Bertz CT molecular complexity index is 688. The number of hydrogen-bond acceptors (Lipinski definition) is 7. The van der Waals surface area contributed by atoms with Gasteiger partial charge in [0.15, 0.2) is 17.3 Å². The van der Waals surface area contributed by atoms with Crippen LogP contribution in [0.25, 0.3) is 11.4 Å². The molecule has 1 aromatic carbocycles. The van der Waals surface area contributed by atoms with Crippen molar-refractivity contribution in [2.45, 2.75) is 6.92 Å². The highest BCUT2D eigenvalue weighted by Gasteiger charge is 2.15. The van der Waals surface area contributed by atoms with Crippen molar-refractivity contribution in [2.24, 2.45) is 0 Å². The molecule has 0 aliphatic carbocycles. The molecule has 7 nitrogen and oxygen atoms in total. The molecule has 0 atom stereocenters. The van der Waals surface area contributed by atoms with Crippen LogP contribution >= 0.6 is 0 Å². The molecule has 0 saturated carbocycles. The predicted molar refractivity (Wildman–Crippen MR) is 80.9 cm³/mol. The van der Waals surface area contributed by atoms with E-state index in [1.807, 2.05) is 0 Å². The van der Waals surface area contributed by atoms with Crippen molar-refractivity contribution in [3.63, 3.8) is 0 Å². The first-order chi connectivity index (χ1) is 10.6. The molecule has 2 rings (SSSR count). The van der Waals surface area contributed by atoms with Gasteiger partial charge in [0, 0.05) is 11.8 Å². The van der Waals surface area contributed by atoms with Crippen LogP contribution in [0.1, 0.15) is 17.3 Å². The summed E-state index contributed by atoms with van der Waals surface area (Å²) in [5.74, 6) is 1.06. The Kier molecular flexibility index (Phi) is 4.77. The van der Waals surface area contributed by atoms with Crippen molar-refractivity contribution < 1.29 is 19.0 Å². The molecular formula is C15H17N3O4. The molecule has 22 heavy (non-hydrogen) atoms. The van der Waals surface area contributed by atoms with E-state index in [1.54, 1.807) is 39.3 Å². The van der Waals surface area contributed by atoms with Crippen LogP contribution in [0.3, 0.4) is 0 Å². The molecule has 7 heteroatoms. The molecule has 1 heterocycles. The minimum absolute atomic E-state index is 0.0678. The van der Waals surface area contributed by atoms with Gasteiger partial charge in [-0.1, -0.05) is 0 Å². The zero-order valence-electron chi connectivity index (χ0n) is 12.6. The van der Waals surface area contributed by atoms with Crippen LogP contribution in [-0.2, 0) is 4.74 Å². The quantitative estimate of drug-likeness (QED) is 0.843. The fourth-order valence-electron chi connectivity index (χ4n) is 1.88. The maximum atomic E-state index is 11.7. The third-order valence-electron chi connectivity index (χ3n) is 2.96. The molecule has 116 valence electrons. The van der Waals surface area contributed by atoms with E-state index in [0.717, 1.165) is 0 Å². The minimum atomic E-state index is -0.543. The number of methoxy groups -OCH3 is 2. The molecule has 0 aliphatic rings.